The summed E-state index contributed by atoms with van der Waals surface area (Å²) in [5.74, 6) is -2.47. The van der Waals surface area contributed by atoms with Gasteiger partial charge < -0.3 is 25.4 Å². The van der Waals surface area contributed by atoms with E-state index in [1.54, 1.807) is 0 Å². The van der Waals surface area contributed by atoms with E-state index in [2.05, 4.69) is 33.5 Å². The maximum atomic E-state index is 14.3. The lowest BCUT2D eigenvalue weighted by Gasteiger charge is -2.37. The fourth-order valence-corrected chi connectivity index (χ4v) is 7.56. The van der Waals surface area contributed by atoms with Crippen LogP contribution in [0.15, 0.2) is 60.7 Å². The molecule has 9 heteroatoms. The minimum atomic E-state index is -1.16. The van der Waals surface area contributed by atoms with Crippen molar-refractivity contribution >= 4 is 33.7 Å². The summed E-state index contributed by atoms with van der Waals surface area (Å²) in [6, 6.07) is 17.1. The highest BCUT2D eigenvalue weighted by molar-refractivity contribution is 9.09. The number of aliphatic hydroxyl groups excluding tert-OH is 1. The molecule has 3 heterocycles. The van der Waals surface area contributed by atoms with E-state index in [1.165, 1.54) is 4.90 Å². The summed E-state index contributed by atoms with van der Waals surface area (Å²) in [4.78, 5) is 43.1. The average molecular weight is 599 g/mol. The van der Waals surface area contributed by atoms with Gasteiger partial charge in [-0.2, -0.15) is 0 Å². The molecule has 0 aliphatic carbocycles. The largest absolute Gasteiger partial charge is 0.394 e. The fourth-order valence-electron chi connectivity index (χ4n) is 6.62. The molecule has 3 N–H and O–H groups in total. The van der Waals surface area contributed by atoms with E-state index in [0.29, 0.717) is 19.5 Å². The summed E-state index contributed by atoms with van der Waals surface area (Å²) in [5.41, 5.74) is 0.513. The van der Waals surface area contributed by atoms with E-state index >= 15 is 0 Å². The predicted molar refractivity (Wildman–Crippen MR) is 150 cm³/mol. The first-order chi connectivity index (χ1) is 18.9. The number of unbranched alkanes of at least 4 members (excludes halogenated alkanes) is 2. The van der Waals surface area contributed by atoms with Crippen LogP contribution in [-0.4, -0.2) is 63.5 Å². The van der Waals surface area contributed by atoms with Gasteiger partial charge in [-0.15, -0.1) is 0 Å². The zero-order valence-electron chi connectivity index (χ0n) is 22.1. The number of amides is 3. The second-order valence-corrected chi connectivity index (χ2v) is 11.9. The second kappa shape index (κ2) is 11.8. The van der Waals surface area contributed by atoms with Crippen molar-refractivity contribution in [2.45, 2.75) is 67.8 Å². The van der Waals surface area contributed by atoms with Gasteiger partial charge in [0.05, 0.1) is 30.6 Å². The zero-order valence-corrected chi connectivity index (χ0v) is 23.7. The molecule has 1 spiro atoms. The Morgan fingerprint density at radius 3 is 2.44 bits per heavy atom. The third kappa shape index (κ3) is 5.00. The lowest BCUT2D eigenvalue weighted by atomic mass is 9.70. The van der Waals surface area contributed by atoms with Crippen LogP contribution in [0.25, 0.3) is 0 Å². The molecule has 39 heavy (non-hydrogen) atoms. The van der Waals surface area contributed by atoms with Gasteiger partial charge >= 0.3 is 0 Å². The van der Waals surface area contributed by atoms with Crippen LogP contribution in [0.4, 0.5) is 0 Å². The number of ether oxygens (including phenoxy) is 1. The van der Waals surface area contributed by atoms with Crippen LogP contribution in [0.1, 0.15) is 49.8 Å². The van der Waals surface area contributed by atoms with Crippen molar-refractivity contribution in [1.82, 2.24) is 15.5 Å². The number of aliphatic hydroxyl groups is 1. The average Bonchev–Trinajstić information content (AvgIpc) is 3.55. The summed E-state index contributed by atoms with van der Waals surface area (Å²) in [6.07, 6.45) is 2.73. The summed E-state index contributed by atoms with van der Waals surface area (Å²) in [7, 11) is 0. The number of rotatable bonds is 11. The quantitative estimate of drug-likeness (QED) is 0.272. The summed E-state index contributed by atoms with van der Waals surface area (Å²) >= 11 is 3.70. The maximum Gasteiger partial charge on any atom is 0.245 e. The smallest absolute Gasteiger partial charge is 0.245 e. The Kier molecular flexibility index (Phi) is 8.40. The molecule has 2 aromatic rings. The number of fused-ring (bicyclic) bond motifs is 1. The van der Waals surface area contributed by atoms with Crippen molar-refractivity contribution < 1.29 is 24.2 Å². The highest BCUT2D eigenvalue weighted by Crippen LogP contribution is 2.61. The van der Waals surface area contributed by atoms with Crippen molar-refractivity contribution in [1.29, 1.82) is 0 Å². The molecule has 3 aliphatic rings. The molecule has 0 saturated carbocycles. The Morgan fingerprint density at radius 2 is 1.77 bits per heavy atom. The lowest BCUT2D eigenvalue weighted by molar-refractivity contribution is -0.145. The number of halogens is 1. The second-order valence-electron chi connectivity index (χ2n) is 10.7. The van der Waals surface area contributed by atoms with Crippen molar-refractivity contribution in [3.05, 3.63) is 71.8 Å². The number of hydrogen-bond acceptors (Lipinski definition) is 5. The van der Waals surface area contributed by atoms with Crippen molar-refractivity contribution in [2.24, 2.45) is 11.8 Å². The van der Waals surface area contributed by atoms with Gasteiger partial charge in [-0.25, -0.2) is 0 Å². The third-order valence-electron chi connectivity index (χ3n) is 8.36. The first-order valence-corrected chi connectivity index (χ1v) is 14.7. The van der Waals surface area contributed by atoms with Gasteiger partial charge in [0.2, 0.25) is 17.7 Å². The normalized spacial score (nSPS) is 29.8. The van der Waals surface area contributed by atoms with Crippen LogP contribution in [0.2, 0.25) is 0 Å². The summed E-state index contributed by atoms with van der Waals surface area (Å²) < 4.78 is 6.56. The molecule has 3 saturated heterocycles. The number of benzene rings is 2. The van der Waals surface area contributed by atoms with Gasteiger partial charge in [-0.3, -0.25) is 14.4 Å². The van der Waals surface area contributed by atoms with E-state index in [4.69, 9.17) is 4.74 Å². The Labute approximate surface area is 237 Å². The molecule has 0 aromatic heterocycles. The Morgan fingerprint density at radius 1 is 1.08 bits per heavy atom. The van der Waals surface area contributed by atoms with Gasteiger partial charge in [-0.1, -0.05) is 96.4 Å². The number of likely N-dealkylation sites (tertiary alicyclic amines) is 1. The van der Waals surface area contributed by atoms with E-state index in [1.807, 2.05) is 60.7 Å². The van der Waals surface area contributed by atoms with Crippen LogP contribution in [0.5, 0.6) is 0 Å². The maximum absolute atomic E-state index is 14.3. The number of nitrogens with one attached hydrogen (secondary N) is 2. The summed E-state index contributed by atoms with van der Waals surface area (Å²) in [5, 5.41) is 16.5. The molecule has 2 aromatic carbocycles. The molecule has 3 unspecified atom stereocenters. The number of nitrogens with zero attached hydrogens (tertiary/aromatic N) is 1. The highest BCUT2D eigenvalue weighted by Gasteiger charge is 2.77. The fraction of sp³-hybridized carbons (Fsp3) is 0.500. The van der Waals surface area contributed by atoms with E-state index < -0.39 is 35.6 Å². The molecule has 3 amide bonds. The number of alkyl halides is 1. The van der Waals surface area contributed by atoms with Crippen molar-refractivity contribution in [3.63, 3.8) is 0 Å². The molecule has 8 nitrogen and oxygen atoms in total. The van der Waals surface area contributed by atoms with E-state index in [0.717, 1.165) is 30.4 Å². The van der Waals surface area contributed by atoms with Crippen LogP contribution in [-0.2, 0) is 25.7 Å². The van der Waals surface area contributed by atoms with Crippen molar-refractivity contribution in [2.75, 3.05) is 13.2 Å². The first kappa shape index (κ1) is 27.8. The first-order valence-electron chi connectivity index (χ1n) is 13.8. The molecule has 3 fully saturated rings. The molecule has 2 bridgehead atoms. The Balaban J connectivity index is 1.48. The number of carbonyl (C=O) groups excluding carboxylic acids is 3. The zero-order chi connectivity index (χ0) is 27.6. The monoisotopic (exact) mass is 597 g/mol. The number of carbonyl (C=O) groups is 3. The Hall–Kier alpha value is -2.75. The third-order valence-corrected chi connectivity index (χ3v) is 9.21. The van der Waals surface area contributed by atoms with Gasteiger partial charge in [-0.05, 0) is 24.0 Å². The van der Waals surface area contributed by atoms with Gasteiger partial charge in [0, 0.05) is 17.9 Å². The van der Waals surface area contributed by atoms with E-state index in [-0.39, 0.29) is 29.2 Å². The Bertz CT molecular complexity index is 1180. The lowest BCUT2D eigenvalue weighted by Crippen LogP contribution is -2.56. The van der Waals surface area contributed by atoms with E-state index in [9.17, 15) is 19.5 Å². The minimum Gasteiger partial charge on any atom is -0.394 e. The molecule has 7 atom stereocenters. The van der Waals surface area contributed by atoms with Gasteiger partial charge in [0.1, 0.15) is 11.6 Å². The van der Waals surface area contributed by atoms with Crippen LogP contribution in [0, 0.1) is 11.8 Å². The van der Waals surface area contributed by atoms with Crippen molar-refractivity contribution in [3.8, 4) is 0 Å². The number of hydrogen-bond donors (Lipinski definition) is 3. The minimum absolute atomic E-state index is 0.186. The summed E-state index contributed by atoms with van der Waals surface area (Å²) in [6.45, 7) is 2.56. The van der Waals surface area contributed by atoms with Crippen LogP contribution >= 0.6 is 15.9 Å². The molecule has 208 valence electrons. The molecular formula is C30H36BrN3O5. The molecular weight excluding hydrogens is 562 g/mol. The van der Waals surface area contributed by atoms with Gasteiger partial charge in [0.15, 0.2) is 0 Å². The predicted octanol–water partition coefficient (Wildman–Crippen LogP) is 3.09. The standard InChI is InChI=1S/C30H36BrN3O5/c1-2-3-10-15-32-28(37)26-30-16-21(31)25(39-30)23(27(36)33-17-19-11-6-4-7-12-19)24(30)29(38)34(26)22(18-35)20-13-8-5-9-14-20/h4-9,11-14,21-26,35H,2-3,10,15-18H2,1H3,(H,32,37)(H,33,36)/t21?,22-,23-,24+,25-,26?,30?/m1/s1. The SMILES string of the molecule is CCCCCNC(=O)C1N([C@H](CO)c2ccccc2)C(=O)[C@@H]2[C@@H](C(=O)NCc3ccccc3)[C@@H]3OC12CC3Br. The molecule has 3 aliphatic heterocycles. The van der Waals surface area contributed by atoms with Crippen LogP contribution < -0.4 is 10.6 Å². The highest BCUT2D eigenvalue weighted by atomic mass is 79.9. The molecule has 0 radical (unpaired) electrons. The topological polar surface area (TPSA) is 108 Å². The van der Waals surface area contributed by atoms with Crippen LogP contribution in [0.3, 0.4) is 0 Å². The van der Waals surface area contributed by atoms with Gasteiger partial charge in [0.25, 0.3) is 0 Å². The molecule has 5 rings (SSSR count).